The Morgan fingerprint density at radius 1 is 1.10 bits per heavy atom. The third kappa shape index (κ3) is 8.69. The van der Waals surface area contributed by atoms with Crippen LogP contribution in [0.25, 0.3) is 0 Å². The molecule has 4 heteroatoms. The van der Waals surface area contributed by atoms with E-state index in [2.05, 4.69) is 33.5 Å². The number of methoxy groups -OCH3 is 1. The Balaban J connectivity index is 1.97. The van der Waals surface area contributed by atoms with E-state index in [1.54, 1.807) is 7.11 Å². The van der Waals surface area contributed by atoms with Gasteiger partial charge in [-0.3, -0.25) is 0 Å². The van der Waals surface area contributed by atoms with Gasteiger partial charge in [-0.1, -0.05) is 52.7 Å². The molecule has 114 valence electrons. The first-order valence-corrected chi connectivity index (χ1v) is 8.46. The predicted octanol–water partition coefficient (Wildman–Crippen LogP) is 4.07. The van der Waals surface area contributed by atoms with Crippen molar-refractivity contribution in [3.63, 3.8) is 0 Å². The fourth-order valence-electron chi connectivity index (χ4n) is 2.03. The van der Waals surface area contributed by atoms with Gasteiger partial charge in [-0.25, -0.2) is 0 Å². The summed E-state index contributed by atoms with van der Waals surface area (Å²) in [6.07, 6.45) is 6.03. The molecule has 0 aliphatic heterocycles. The second-order valence-electron chi connectivity index (χ2n) is 4.84. The van der Waals surface area contributed by atoms with Gasteiger partial charge in [-0.2, -0.15) is 5.48 Å². The molecule has 0 bridgehead atoms. The van der Waals surface area contributed by atoms with Gasteiger partial charge in [-0.05, 0) is 31.2 Å². The van der Waals surface area contributed by atoms with Crippen LogP contribution in [0, 0.1) is 0 Å². The van der Waals surface area contributed by atoms with Crippen molar-refractivity contribution in [2.24, 2.45) is 0 Å². The minimum Gasteiger partial charge on any atom is -0.381 e. The van der Waals surface area contributed by atoms with Crippen LogP contribution in [-0.4, -0.2) is 25.2 Å². The molecule has 0 spiro atoms. The van der Waals surface area contributed by atoms with Crippen molar-refractivity contribution in [2.75, 3.05) is 19.0 Å². The monoisotopic (exact) mass is 343 g/mol. The SMILES string of the molecule is CO[C@@H](CCCCBr)CCCONCc1ccccc1. The Hall–Kier alpha value is -0.420. The molecule has 3 nitrogen and oxygen atoms in total. The summed E-state index contributed by atoms with van der Waals surface area (Å²) in [4.78, 5) is 5.45. The Morgan fingerprint density at radius 2 is 1.85 bits per heavy atom. The van der Waals surface area contributed by atoms with Crippen LogP contribution in [0.1, 0.15) is 37.7 Å². The number of halogens is 1. The lowest BCUT2D eigenvalue weighted by molar-refractivity contribution is 0.0214. The second kappa shape index (κ2) is 12.3. The van der Waals surface area contributed by atoms with Crippen molar-refractivity contribution < 1.29 is 9.57 Å². The summed E-state index contributed by atoms with van der Waals surface area (Å²) in [5.74, 6) is 0. The van der Waals surface area contributed by atoms with Crippen LogP contribution >= 0.6 is 15.9 Å². The first kappa shape index (κ1) is 17.6. The summed E-state index contributed by atoms with van der Waals surface area (Å²) in [5.41, 5.74) is 4.23. The summed E-state index contributed by atoms with van der Waals surface area (Å²) >= 11 is 3.45. The van der Waals surface area contributed by atoms with Crippen molar-refractivity contribution in [3.8, 4) is 0 Å². The smallest absolute Gasteiger partial charge is 0.0683 e. The molecule has 0 amide bonds. The van der Waals surface area contributed by atoms with Gasteiger partial charge in [0.05, 0.1) is 12.7 Å². The van der Waals surface area contributed by atoms with Crippen LogP contribution in [-0.2, 0) is 16.1 Å². The van der Waals surface area contributed by atoms with Gasteiger partial charge in [0.1, 0.15) is 0 Å². The quantitative estimate of drug-likeness (QED) is 0.352. The molecule has 1 atom stereocenters. The van der Waals surface area contributed by atoms with Gasteiger partial charge >= 0.3 is 0 Å². The molecule has 1 rings (SSSR count). The predicted molar refractivity (Wildman–Crippen MR) is 86.9 cm³/mol. The second-order valence-corrected chi connectivity index (χ2v) is 5.63. The van der Waals surface area contributed by atoms with Gasteiger partial charge in [0.15, 0.2) is 0 Å². The maximum Gasteiger partial charge on any atom is 0.0683 e. The standard InChI is InChI=1S/C16H26BrNO2/c1-19-16(10-5-6-12-17)11-7-13-20-18-14-15-8-3-2-4-9-15/h2-4,8-9,16,18H,5-7,10-14H2,1H3/t16-/m0/s1. The van der Waals surface area contributed by atoms with E-state index in [1.807, 2.05) is 18.2 Å². The van der Waals surface area contributed by atoms with E-state index in [-0.39, 0.29) is 0 Å². The van der Waals surface area contributed by atoms with Crippen molar-refractivity contribution >= 4 is 15.9 Å². The maximum absolute atomic E-state index is 5.48. The molecule has 0 aromatic heterocycles. The molecule has 0 fully saturated rings. The Labute approximate surface area is 131 Å². The molecule has 0 aliphatic carbocycles. The van der Waals surface area contributed by atoms with E-state index < -0.39 is 0 Å². The highest BCUT2D eigenvalue weighted by Crippen LogP contribution is 2.11. The summed E-state index contributed by atoms with van der Waals surface area (Å²) < 4.78 is 5.48. The van der Waals surface area contributed by atoms with Crippen LogP contribution in [0.3, 0.4) is 0 Å². The molecule has 0 heterocycles. The lowest BCUT2D eigenvalue weighted by Crippen LogP contribution is -2.17. The molecule has 0 saturated heterocycles. The molecule has 0 saturated carbocycles. The molecule has 1 N–H and O–H groups in total. The molecular formula is C16H26BrNO2. The van der Waals surface area contributed by atoms with Gasteiger partial charge in [0, 0.05) is 19.0 Å². The van der Waals surface area contributed by atoms with Gasteiger partial charge in [0.2, 0.25) is 0 Å². The number of alkyl halides is 1. The van der Waals surface area contributed by atoms with Crippen LogP contribution < -0.4 is 5.48 Å². The number of rotatable bonds is 12. The van der Waals surface area contributed by atoms with E-state index in [1.165, 1.54) is 18.4 Å². The molecular weight excluding hydrogens is 318 g/mol. The summed E-state index contributed by atoms with van der Waals surface area (Å²) in [7, 11) is 1.80. The number of ether oxygens (including phenoxy) is 1. The zero-order valence-corrected chi connectivity index (χ0v) is 13.9. The van der Waals surface area contributed by atoms with Crippen molar-refractivity contribution in [3.05, 3.63) is 35.9 Å². The highest BCUT2D eigenvalue weighted by molar-refractivity contribution is 9.09. The summed E-state index contributed by atoms with van der Waals surface area (Å²) in [6.45, 7) is 1.48. The molecule has 0 radical (unpaired) electrons. The molecule has 1 aromatic rings. The number of hydrogen-bond acceptors (Lipinski definition) is 3. The third-order valence-corrected chi connectivity index (χ3v) is 3.80. The number of benzene rings is 1. The zero-order chi connectivity index (χ0) is 14.5. The normalized spacial score (nSPS) is 12.5. The van der Waals surface area contributed by atoms with Crippen LogP contribution in [0.2, 0.25) is 0 Å². The van der Waals surface area contributed by atoms with E-state index in [9.17, 15) is 0 Å². The Morgan fingerprint density at radius 3 is 2.55 bits per heavy atom. The average Bonchev–Trinajstić information content (AvgIpc) is 2.50. The fraction of sp³-hybridized carbons (Fsp3) is 0.625. The van der Waals surface area contributed by atoms with Crippen LogP contribution in [0.15, 0.2) is 30.3 Å². The van der Waals surface area contributed by atoms with E-state index in [0.717, 1.165) is 37.7 Å². The van der Waals surface area contributed by atoms with Gasteiger partial charge in [-0.15, -0.1) is 0 Å². The lowest BCUT2D eigenvalue weighted by atomic mass is 10.1. The Bertz CT molecular complexity index is 322. The van der Waals surface area contributed by atoms with Crippen molar-refractivity contribution in [2.45, 2.75) is 44.8 Å². The zero-order valence-electron chi connectivity index (χ0n) is 12.3. The Kier molecular flexibility index (Phi) is 10.9. The highest BCUT2D eigenvalue weighted by atomic mass is 79.9. The lowest BCUT2D eigenvalue weighted by Gasteiger charge is -2.14. The van der Waals surface area contributed by atoms with Crippen molar-refractivity contribution in [1.82, 2.24) is 5.48 Å². The number of hydrogen-bond donors (Lipinski definition) is 1. The van der Waals surface area contributed by atoms with Crippen molar-refractivity contribution in [1.29, 1.82) is 0 Å². The number of nitrogens with one attached hydrogen (secondary N) is 1. The average molecular weight is 344 g/mol. The minimum atomic E-state index is 0.367. The maximum atomic E-state index is 5.48. The van der Waals surface area contributed by atoms with E-state index in [0.29, 0.717) is 6.10 Å². The van der Waals surface area contributed by atoms with E-state index >= 15 is 0 Å². The first-order valence-electron chi connectivity index (χ1n) is 7.34. The third-order valence-electron chi connectivity index (χ3n) is 3.24. The number of unbranched alkanes of at least 4 members (excludes halogenated alkanes) is 1. The minimum absolute atomic E-state index is 0.367. The summed E-state index contributed by atoms with van der Waals surface area (Å²) in [6, 6.07) is 10.3. The fourth-order valence-corrected chi connectivity index (χ4v) is 2.43. The number of hydroxylamine groups is 1. The van der Waals surface area contributed by atoms with E-state index in [4.69, 9.17) is 9.57 Å². The molecule has 1 aromatic carbocycles. The topological polar surface area (TPSA) is 30.5 Å². The van der Waals surface area contributed by atoms with Gasteiger partial charge in [0.25, 0.3) is 0 Å². The highest BCUT2D eigenvalue weighted by Gasteiger charge is 2.06. The van der Waals surface area contributed by atoms with Crippen LogP contribution in [0.5, 0.6) is 0 Å². The molecule has 20 heavy (non-hydrogen) atoms. The largest absolute Gasteiger partial charge is 0.381 e. The van der Waals surface area contributed by atoms with Crippen LogP contribution in [0.4, 0.5) is 0 Å². The molecule has 0 aliphatic rings. The van der Waals surface area contributed by atoms with Gasteiger partial charge < -0.3 is 9.57 Å². The first-order chi connectivity index (χ1) is 9.86. The summed E-state index contributed by atoms with van der Waals surface area (Å²) in [5, 5.41) is 1.08. The molecule has 0 unspecified atom stereocenters.